The molecule has 3 N–H and O–H groups in total. The Morgan fingerprint density at radius 2 is 1.97 bits per heavy atom. The van der Waals surface area contributed by atoms with Crippen molar-refractivity contribution in [2.45, 2.75) is 26.5 Å². The summed E-state index contributed by atoms with van der Waals surface area (Å²) >= 11 is 7.50. The molecule has 2 heterocycles. The predicted octanol–water partition coefficient (Wildman–Crippen LogP) is 3.24. The van der Waals surface area contributed by atoms with E-state index in [0.29, 0.717) is 17.2 Å². The number of hydrogen-bond donors (Lipinski definition) is 2. The number of halogens is 1. The van der Waals surface area contributed by atoms with Crippen LogP contribution < -0.4 is 11.1 Å². The minimum atomic E-state index is -1.13. The second-order valence-electron chi connectivity index (χ2n) is 6.46. The van der Waals surface area contributed by atoms with Gasteiger partial charge in [0.1, 0.15) is 15.7 Å². The molecule has 8 nitrogen and oxygen atoms in total. The van der Waals surface area contributed by atoms with Gasteiger partial charge < -0.3 is 15.8 Å². The van der Waals surface area contributed by atoms with Crippen molar-refractivity contribution in [1.82, 2.24) is 9.78 Å². The van der Waals surface area contributed by atoms with Gasteiger partial charge in [-0.05, 0) is 30.9 Å². The number of carbonyl (C=O) groups is 3. The molecular formula is C20H19ClN4O4S. The number of amides is 2. The van der Waals surface area contributed by atoms with Gasteiger partial charge in [-0.2, -0.15) is 5.10 Å². The van der Waals surface area contributed by atoms with Crippen LogP contribution in [-0.2, 0) is 16.1 Å². The van der Waals surface area contributed by atoms with Gasteiger partial charge in [0.25, 0.3) is 11.8 Å². The molecule has 3 rings (SSSR count). The lowest BCUT2D eigenvalue weighted by molar-refractivity contribution is -0.123. The molecule has 0 spiro atoms. The minimum Gasteiger partial charge on any atom is -0.449 e. The van der Waals surface area contributed by atoms with Crippen LogP contribution in [0.15, 0.2) is 41.8 Å². The first kappa shape index (κ1) is 21.5. The number of nitrogens with one attached hydrogen (secondary N) is 1. The molecule has 0 aliphatic heterocycles. The minimum absolute atomic E-state index is 0.0983. The summed E-state index contributed by atoms with van der Waals surface area (Å²) in [6, 6.07) is 11.0. The standard InChI is InChI=1S/C20H19ClN4O4S/c1-11-15(16(21)25(24-11)10-13-6-4-3-5-7-13)20(28)29-12(2)18(27)23-19-14(17(22)26)8-9-30-19/h3-9,12H,10H2,1-2H3,(H2,22,26)(H,23,27)/t12-/m0/s1. The number of nitrogens with two attached hydrogens (primary N) is 1. The molecule has 0 radical (unpaired) electrons. The van der Waals surface area contributed by atoms with Crippen molar-refractivity contribution >= 4 is 45.7 Å². The van der Waals surface area contributed by atoms with Gasteiger partial charge in [-0.1, -0.05) is 41.9 Å². The molecule has 1 aromatic carbocycles. The number of anilines is 1. The summed E-state index contributed by atoms with van der Waals surface area (Å²) in [5.41, 5.74) is 6.91. The molecule has 1 atom stereocenters. The lowest BCUT2D eigenvalue weighted by atomic mass is 10.2. The highest BCUT2D eigenvalue weighted by Crippen LogP contribution is 2.24. The molecule has 30 heavy (non-hydrogen) atoms. The molecule has 156 valence electrons. The van der Waals surface area contributed by atoms with Gasteiger partial charge in [-0.25, -0.2) is 9.48 Å². The van der Waals surface area contributed by atoms with Crippen molar-refractivity contribution in [2.24, 2.45) is 5.73 Å². The lowest BCUT2D eigenvalue weighted by Gasteiger charge is -2.13. The molecule has 0 unspecified atom stereocenters. The van der Waals surface area contributed by atoms with Crippen LogP contribution in [0.1, 0.15) is 38.9 Å². The zero-order chi connectivity index (χ0) is 21.8. The van der Waals surface area contributed by atoms with E-state index in [9.17, 15) is 14.4 Å². The smallest absolute Gasteiger partial charge is 0.343 e. The molecule has 0 bridgehead atoms. The summed E-state index contributed by atoms with van der Waals surface area (Å²) in [5.74, 6) is -2.02. The Bertz CT molecular complexity index is 1090. The first-order chi connectivity index (χ1) is 14.3. The van der Waals surface area contributed by atoms with E-state index in [1.807, 2.05) is 30.3 Å². The van der Waals surface area contributed by atoms with E-state index in [0.717, 1.165) is 16.9 Å². The number of primary amides is 1. The summed E-state index contributed by atoms with van der Waals surface area (Å²) in [6.07, 6.45) is -1.13. The highest BCUT2D eigenvalue weighted by molar-refractivity contribution is 7.14. The Morgan fingerprint density at radius 1 is 1.27 bits per heavy atom. The number of carbonyl (C=O) groups excluding carboxylic acids is 3. The highest BCUT2D eigenvalue weighted by Gasteiger charge is 2.26. The summed E-state index contributed by atoms with van der Waals surface area (Å²) in [6.45, 7) is 3.44. The van der Waals surface area contributed by atoms with E-state index < -0.39 is 23.9 Å². The summed E-state index contributed by atoms with van der Waals surface area (Å²) < 4.78 is 6.77. The van der Waals surface area contributed by atoms with Crippen molar-refractivity contribution in [3.05, 3.63) is 69.3 Å². The third-order valence-electron chi connectivity index (χ3n) is 4.27. The molecule has 0 aliphatic carbocycles. The quantitative estimate of drug-likeness (QED) is 0.540. The number of thiophene rings is 1. The van der Waals surface area contributed by atoms with E-state index in [2.05, 4.69) is 10.4 Å². The second kappa shape index (κ2) is 9.10. The first-order valence-corrected chi connectivity index (χ1v) is 10.2. The lowest BCUT2D eigenvalue weighted by Crippen LogP contribution is -2.30. The third-order valence-corrected chi connectivity index (χ3v) is 5.48. The normalized spacial score (nSPS) is 11.7. The predicted molar refractivity (Wildman–Crippen MR) is 114 cm³/mol. The summed E-state index contributed by atoms with van der Waals surface area (Å²) in [7, 11) is 0. The van der Waals surface area contributed by atoms with Gasteiger partial charge in [-0.15, -0.1) is 11.3 Å². The largest absolute Gasteiger partial charge is 0.449 e. The molecule has 0 fully saturated rings. The van der Waals surface area contributed by atoms with Crippen LogP contribution in [0.5, 0.6) is 0 Å². The Kier molecular flexibility index (Phi) is 6.53. The van der Waals surface area contributed by atoms with Crippen LogP contribution in [0.4, 0.5) is 5.00 Å². The maximum atomic E-state index is 12.6. The fourth-order valence-electron chi connectivity index (χ4n) is 2.73. The number of ether oxygens (including phenoxy) is 1. The SMILES string of the molecule is Cc1nn(Cc2ccccc2)c(Cl)c1C(=O)O[C@@H](C)C(=O)Nc1sccc1C(N)=O. The molecule has 10 heteroatoms. The molecule has 0 aliphatic rings. The fourth-order valence-corrected chi connectivity index (χ4v) is 3.84. The fraction of sp³-hybridized carbons (Fsp3) is 0.200. The summed E-state index contributed by atoms with van der Waals surface area (Å²) in [5, 5.41) is 8.89. The van der Waals surface area contributed by atoms with Crippen LogP contribution in [0.25, 0.3) is 0 Å². The van der Waals surface area contributed by atoms with Gasteiger partial charge in [0.15, 0.2) is 6.10 Å². The van der Waals surface area contributed by atoms with Crippen LogP contribution >= 0.6 is 22.9 Å². The van der Waals surface area contributed by atoms with E-state index in [4.69, 9.17) is 22.1 Å². The summed E-state index contributed by atoms with van der Waals surface area (Å²) in [4.78, 5) is 36.4. The number of aromatic nitrogens is 2. The van der Waals surface area contributed by atoms with Gasteiger partial charge >= 0.3 is 5.97 Å². The Morgan fingerprint density at radius 3 is 2.63 bits per heavy atom. The Hall–Kier alpha value is -3.17. The highest BCUT2D eigenvalue weighted by atomic mass is 35.5. The topological polar surface area (TPSA) is 116 Å². The number of rotatable bonds is 7. The number of hydrogen-bond acceptors (Lipinski definition) is 6. The number of benzene rings is 1. The maximum absolute atomic E-state index is 12.6. The van der Waals surface area contributed by atoms with Crippen molar-refractivity contribution in [3.63, 3.8) is 0 Å². The van der Waals surface area contributed by atoms with Crippen molar-refractivity contribution < 1.29 is 19.1 Å². The third kappa shape index (κ3) is 4.69. The van der Waals surface area contributed by atoms with E-state index in [1.165, 1.54) is 17.7 Å². The molecule has 0 saturated heterocycles. The van der Waals surface area contributed by atoms with Gasteiger partial charge in [-0.3, -0.25) is 9.59 Å². The number of nitrogens with zero attached hydrogens (tertiary/aromatic N) is 2. The average molecular weight is 447 g/mol. The average Bonchev–Trinajstić information content (AvgIpc) is 3.26. The van der Waals surface area contributed by atoms with E-state index >= 15 is 0 Å². The van der Waals surface area contributed by atoms with E-state index in [1.54, 1.807) is 12.3 Å². The van der Waals surface area contributed by atoms with Gasteiger partial charge in [0, 0.05) is 0 Å². The van der Waals surface area contributed by atoms with Crippen LogP contribution in [0.2, 0.25) is 5.15 Å². The first-order valence-electron chi connectivity index (χ1n) is 8.94. The van der Waals surface area contributed by atoms with Crippen LogP contribution in [0.3, 0.4) is 0 Å². The number of aryl methyl sites for hydroxylation is 1. The van der Waals surface area contributed by atoms with Gasteiger partial charge in [0.2, 0.25) is 0 Å². The molecule has 2 aromatic heterocycles. The van der Waals surface area contributed by atoms with Crippen LogP contribution in [0, 0.1) is 6.92 Å². The van der Waals surface area contributed by atoms with Crippen molar-refractivity contribution in [3.8, 4) is 0 Å². The molecular weight excluding hydrogens is 428 g/mol. The maximum Gasteiger partial charge on any atom is 0.343 e. The number of esters is 1. The molecule has 2 amide bonds. The van der Waals surface area contributed by atoms with Crippen molar-refractivity contribution in [2.75, 3.05) is 5.32 Å². The Labute approximate surface area is 181 Å². The van der Waals surface area contributed by atoms with E-state index in [-0.39, 0.29) is 16.3 Å². The Balaban J connectivity index is 1.70. The monoisotopic (exact) mass is 446 g/mol. The van der Waals surface area contributed by atoms with Gasteiger partial charge in [0.05, 0.1) is 17.8 Å². The van der Waals surface area contributed by atoms with Crippen LogP contribution in [-0.4, -0.2) is 33.7 Å². The molecule has 3 aromatic rings. The molecule has 0 saturated carbocycles. The van der Waals surface area contributed by atoms with Crippen molar-refractivity contribution in [1.29, 1.82) is 0 Å². The second-order valence-corrected chi connectivity index (χ2v) is 7.73. The zero-order valence-electron chi connectivity index (χ0n) is 16.2. The zero-order valence-corrected chi connectivity index (χ0v) is 17.8.